The second kappa shape index (κ2) is 9.90. The summed E-state index contributed by atoms with van der Waals surface area (Å²) in [4.78, 5) is 19.9. The Hall–Kier alpha value is -3.63. The Balaban J connectivity index is 0.000000161. The first-order chi connectivity index (χ1) is 13.8. The summed E-state index contributed by atoms with van der Waals surface area (Å²) in [6.07, 6.45) is 2.68. The number of aliphatic hydroxyl groups is 1. The lowest BCUT2D eigenvalue weighted by molar-refractivity contribution is 0.103. The van der Waals surface area contributed by atoms with E-state index in [1.54, 1.807) is 36.7 Å². The van der Waals surface area contributed by atoms with Crippen LogP contribution < -0.4 is 0 Å². The summed E-state index contributed by atoms with van der Waals surface area (Å²) >= 11 is 0. The van der Waals surface area contributed by atoms with Crippen LogP contribution >= 0.6 is 0 Å². The zero-order valence-corrected chi connectivity index (χ0v) is 15.2. The van der Waals surface area contributed by atoms with E-state index < -0.39 is 6.10 Å². The van der Waals surface area contributed by atoms with Crippen molar-refractivity contribution in [2.75, 3.05) is 0 Å². The van der Waals surface area contributed by atoms with E-state index in [2.05, 4.69) is 9.97 Å². The molecule has 4 heteroatoms. The predicted molar refractivity (Wildman–Crippen MR) is 109 cm³/mol. The van der Waals surface area contributed by atoms with Gasteiger partial charge >= 0.3 is 0 Å². The summed E-state index contributed by atoms with van der Waals surface area (Å²) in [5.41, 5.74) is 2.70. The highest BCUT2D eigenvalue weighted by Gasteiger charge is 2.09. The number of hydrogen-bond donors (Lipinski definition) is 1. The van der Waals surface area contributed by atoms with Crippen LogP contribution in [0.1, 0.15) is 33.4 Å². The van der Waals surface area contributed by atoms with Crippen LogP contribution in [0.2, 0.25) is 0 Å². The van der Waals surface area contributed by atoms with Gasteiger partial charge in [-0.1, -0.05) is 72.8 Å². The minimum atomic E-state index is -0.627. The van der Waals surface area contributed by atoms with Gasteiger partial charge in [0.15, 0.2) is 0 Å². The van der Waals surface area contributed by atoms with Crippen molar-refractivity contribution in [2.45, 2.75) is 6.10 Å². The molecule has 4 nitrogen and oxygen atoms in total. The number of pyridine rings is 2. The van der Waals surface area contributed by atoms with Gasteiger partial charge in [-0.05, 0) is 29.8 Å². The molecule has 1 N–H and O–H groups in total. The number of aromatic nitrogens is 2. The number of nitrogens with zero attached hydrogens (tertiary/aromatic N) is 2. The van der Waals surface area contributed by atoms with Crippen molar-refractivity contribution in [1.29, 1.82) is 0 Å². The molecule has 138 valence electrons. The number of hydrogen-bond acceptors (Lipinski definition) is 4. The third kappa shape index (κ3) is 5.19. The monoisotopic (exact) mass is 368 g/mol. The van der Waals surface area contributed by atoms with Crippen molar-refractivity contribution in [2.24, 2.45) is 0 Å². The predicted octanol–water partition coefficient (Wildman–Crippen LogP) is 4.48. The van der Waals surface area contributed by atoms with Crippen molar-refractivity contribution in [3.05, 3.63) is 132 Å². The molecular weight excluding hydrogens is 348 g/mol. The average molecular weight is 368 g/mol. The normalized spacial score (nSPS) is 11.0. The van der Waals surface area contributed by atoms with E-state index in [9.17, 15) is 9.90 Å². The third-order valence-electron chi connectivity index (χ3n) is 4.02. The van der Waals surface area contributed by atoms with Crippen molar-refractivity contribution < 1.29 is 9.90 Å². The molecule has 0 fully saturated rings. The Labute approximate surface area is 164 Å². The molecule has 0 aliphatic carbocycles. The van der Waals surface area contributed by atoms with Gasteiger partial charge in [-0.25, -0.2) is 0 Å². The molecule has 2 aromatic heterocycles. The fourth-order valence-electron chi connectivity index (χ4n) is 2.58. The Kier molecular flexibility index (Phi) is 6.77. The summed E-state index contributed by atoms with van der Waals surface area (Å²) < 4.78 is 0. The lowest BCUT2D eigenvalue weighted by Gasteiger charge is -2.09. The highest BCUT2D eigenvalue weighted by atomic mass is 16.3. The average Bonchev–Trinajstić information content (AvgIpc) is 2.81. The van der Waals surface area contributed by atoms with Gasteiger partial charge in [0.05, 0.1) is 5.69 Å². The van der Waals surface area contributed by atoms with Crippen LogP contribution in [0.5, 0.6) is 0 Å². The van der Waals surface area contributed by atoms with E-state index in [1.807, 2.05) is 72.8 Å². The van der Waals surface area contributed by atoms with Gasteiger partial charge in [-0.2, -0.15) is 0 Å². The van der Waals surface area contributed by atoms with Gasteiger partial charge in [0.2, 0.25) is 5.78 Å². The van der Waals surface area contributed by atoms with Crippen molar-refractivity contribution >= 4 is 5.78 Å². The maximum atomic E-state index is 11.8. The van der Waals surface area contributed by atoms with Crippen molar-refractivity contribution in [1.82, 2.24) is 9.97 Å². The summed E-state index contributed by atoms with van der Waals surface area (Å²) in [6.45, 7) is 0. The molecular formula is C24H20N2O2. The van der Waals surface area contributed by atoms with Gasteiger partial charge in [-0.15, -0.1) is 0 Å². The summed E-state index contributed by atoms with van der Waals surface area (Å²) in [6, 6.07) is 29.5. The Morgan fingerprint density at radius 3 is 1.82 bits per heavy atom. The van der Waals surface area contributed by atoms with Gasteiger partial charge in [-0.3, -0.25) is 14.8 Å². The number of ketones is 1. The van der Waals surface area contributed by atoms with Crippen LogP contribution in [0.3, 0.4) is 0 Å². The maximum absolute atomic E-state index is 11.8. The molecule has 1 unspecified atom stereocenters. The van der Waals surface area contributed by atoms with Crippen LogP contribution in [0.15, 0.2) is 109 Å². The first-order valence-corrected chi connectivity index (χ1v) is 8.90. The van der Waals surface area contributed by atoms with Crippen LogP contribution in [0, 0.1) is 0 Å². The topological polar surface area (TPSA) is 63.1 Å². The fourth-order valence-corrected chi connectivity index (χ4v) is 2.58. The van der Waals surface area contributed by atoms with E-state index in [1.165, 1.54) is 0 Å². The quantitative estimate of drug-likeness (QED) is 0.540. The minimum Gasteiger partial charge on any atom is -0.382 e. The van der Waals surface area contributed by atoms with Gasteiger partial charge in [0.1, 0.15) is 11.8 Å². The molecule has 4 rings (SSSR count). The standard InChI is InChI=1S/C12H11NO.C12H9NO/c2*14-12(10-6-2-1-3-7-10)11-8-4-5-9-13-11/h1-9,12,14H;1-9H. The molecule has 0 spiro atoms. The summed E-state index contributed by atoms with van der Waals surface area (Å²) in [7, 11) is 0. The van der Waals surface area contributed by atoms with Gasteiger partial charge in [0, 0.05) is 18.0 Å². The van der Waals surface area contributed by atoms with E-state index >= 15 is 0 Å². The van der Waals surface area contributed by atoms with E-state index in [4.69, 9.17) is 0 Å². The Bertz CT molecular complexity index is 895. The van der Waals surface area contributed by atoms with Crippen LogP contribution in [-0.4, -0.2) is 20.9 Å². The van der Waals surface area contributed by atoms with Gasteiger partial charge < -0.3 is 5.11 Å². The van der Waals surface area contributed by atoms with Crippen molar-refractivity contribution in [3.8, 4) is 0 Å². The lowest BCUT2D eigenvalue weighted by atomic mass is 10.1. The maximum Gasteiger partial charge on any atom is 0.211 e. The van der Waals surface area contributed by atoms with Crippen LogP contribution in [0.4, 0.5) is 0 Å². The molecule has 0 radical (unpaired) electrons. The van der Waals surface area contributed by atoms with E-state index in [-0.39, 0.29) is 5.78 Å². The van der Waals surface area contributed by atoms with Crippen LogP contribution in [-0.2, 0) is 0 Å². The molecule has 1 atom stereocenters. The summed E-state index contributed by atoms with van der Waals surface area (Å²) in [5.74, 6) is -0.0359. The Morgan fingerprint density at radius 1 is 0.679 bits per heavy atom. The fraction of sp³-hybridized carbons (Fsp3) is 0.0417. The highest BCUT2D eigenvalue weighted by Crippen LogP contribution is 2.18. The zero-order valence-electron chi connectivity index (χ0n) is 15.2. The lowest BCUT2D eigenvalue weighted by Crippen LogP contribution is -2.02. The molecule has 0 saturated carbocycles. The molecule has 0 amide bonds. The number of carbonyl (C=O) groups is 1. The SMILES string of the molecule is O=C(c1ccccc1)c1ccccn1.OC(c1ccccc1)c1ccccn1. The first kappa shape index (κ1) is 19.1. The molecule has 0 aliphatic heterocycles. The molecule has 2 aromatic carbocycles. The molecule has 0 aliphatic rings. The number of benzene rings is 2. The zero-order chi connectivity index (χ0) is 19.6. The van der Waals surface area contributed by atoms with Crippen LogP contribution in [0.25, 0.3) is 0 Å². The Morgan fingerprint density at radius 2 is 1.25 bits per heavy atom. The largest absolute Gasteiger partial charge is 0.382 e. The second-order valence-electron chi connectivity index (χ2n) is 5.98. The number of rotatable bonds is 4. The van der Waals surface area contributed by atoms with Crippen molar-refractivity contribution in [3.63, 3.8) is 0 Å². The number of carbonyl (C=O) groups excluding carboxylic acids is 1. The molecule has 4 aromatic rings. The third-order valence-corrected chi connectivity index (χ3v) is 4.02. The molecule has 0 bridgehead atoms. The van der Waals surface area contributed by atoms with E-state index in [0.29, 0.717) is 17.0 Å². The highest BCUT2D eigenvalue weighted by molar-refractivity contribution is 6.07. The van der Waals surface area contributed by atoms with Gasteiger partial charge in [0.25, 0.3) is 0 Å². The first-order valence-electron chi connectivity index (χ1n) is 8.90. The number of aliphatic hydroxyl groups excluding tert-OH is 1. The molecule has 2 heterocycles. The minimum absolute atomic E-state index is 0.0359. The smallest absolute Gasteiger partial charge is 0.211 e. The second-order valence-corrected chi connectivity index (χ2v) is 5.98. The van der Waals surface area contributed by atoms with E-state index in [0.717, 1.165) is 5.56 Å². The molecule has 28 heavy (non-hydrogen) atoms. The molecule has 0 saturated heterocycles. The summed E-state index contributed by atoms with van der Waals surface area (Å²) in [5, 5.41) is 9.93.